The topological polar surface area (TPSA) is 61.0 Å². The van der Waals surface area contributed by atoms with Crippen molar-refractivity contribution in [3.8, 4) is 11.6 Å². The van der Waals surface area contributed by atoms with Crippen LogP contribution in [0.25, 0.3) is 10.2 Å². The van der Waals surface area contributed by atoms with Crippen LogP contribution in [-0.4, -0.2) is 9.97 Å². The molecule has 2 heterocycles. The van der Waals surface area contributed by atoms with E-state index in [1.807, 2.05) is 12.3 Å². The predicted octanol–water partition coefficient (Wildman–Crippen LogP) is 3.82. The number of aryl methyl sites for hydroxylation is 2. The summed E-state index contributed by atoms with van der Waals surface area (Å²) in [6.07, 6.45) is 1.42. The van der Waals surface area contributed by atoms with E-state index in [1.54, 1.807) is 13.0 Å². The molecular weight excluding hydrogens is 277 g/mol. The van der Waals surface area contributed by atoms with Crippen LogP contribution in [0.15, 0.2) is 23.8 Å². The van der Waals surface area contributed by atoms with Gasteiger partial charge in [-0.05, 0) is 36.4 Å². The number of nitrogens with zero attached hydrogens (tertiary/aromatic N) is 2. The van der Waals surface area contributed by atoms with E-state index in [2.05, 4.69) is 9.97 Å². The van der Waals surface area contributed by atoms with E-state index in [0.29, 0.717) is 11.6 Å². The third-order valence-electron chi connectivity index (χ3n) is 3.03. The number of halogens is 1. The molecule has 0 fully saturated rings. The first-order valence-corrected chi connectivity index (χ1v) is 6.86. The molecule has 0 amide bonds. The lowest BCUT2D eigenvalue weighted by molar-refractivity contribution is 0.432. The van der Waals surface area contributed by atoms with Gasteiger partial charge < -0.3 is 10.5 Å². The standard InChI is InChI=1S/C14H12FN3OS/c1-7-3-11(9(15)4-10(7)16)19-14-13-12(17-6-18-14)8(2)5-20-13/h3-6H,16H2,1-2H3. The van der Waals surface area contributed by atoms with Crippen molar-refractivity contribution in [2.45, 2.75) is 13.8 Å². The summed E-state index contributed by atoms with van der Waals surface area (Å²) in [5.74, 6) is -0.0351. The number of thiophene rings is 1. The summed E-state index contributed by atoms with van der Waals surface area (Å²) in [6, 6.07) is 2.82. The van der Waals surface area contributed by atoms with Crippen molar-refractivity contribution in [2.75, 3.05) is 5.73 Å². The number of rotatable bonds is 2. The van der Waals surface area contributed by atoms with Crippen molar-refractivity contribution in [2.24, 2.45) is 0 Å². The van der Waals surface area contributed by atoms with E-state index in [9.17, 15) is 4.39 Å². The smallest absolute Gasteiger partial charge is 0.240 e. The van der Waals surface area contributed by atoms with Crippen LogP contribution in [0.1, 0.15) is 11.1 Å². The largest absolute Gasteiger partial charge is 0.434 e. The fraction of sp³-hybridized carbons (Fsp3) is 0.143. The van der Waals surface area contributed by atoms with Gasteiger partial charge >= 0.3 is 0 Å². The second-order valence-corrected chi connectivity index (χ2v) is 5.40. The Bertz CT molecular complexity index is 800. The number of nitrogen functional groups attached to an aromatic ring is 1. The number of fused-ring (bicyclic) bond motifs is 1. The molecular formula is C14H12FN3OS. The molecule has 0 unspecified atom stereocenters. The summed E-state index contributed by atoms with van der Waals surface area (Å²) >= 11 is 1.48. The predicted molar refractivity (Wildman–Crippen MR) is 77.8 cm³/mol. The molecule has 102 valence electrons. The highest BCUT2D eigenvalue weighted by molar-refractivity contribution is 7.17. The normalized spacial score (nSPS) is 10.9. The van der Waals surface area contributed by atoms with Crippen LogP contribution in [0.5, 0.6) is 11.6 Å². The molecule has 3 aromatic rings. The number of hydrogen-bond acceptors (Lipinski definition) is 5. The van der Waals surface area contributed by atoms with Crippen molar-refractivity contribution < 1.29 is 9.13 Å². The molecule has 4 nitrogen and oxygen atoms in total. The zero-order valence-electron chi connectivity index (χ0n) is 11.0. The lowest BCUT2D eigenvalue weighted by atomic mass is 10.2. The number of benzene rings is 1. The van der Waals surface area contributed by atoms with Crippen molar-refractivity contribution in [3.63, 3.8) is 0 Å². The first kappa shape index (κ1) is 12.8. The first-order valence-electron chi connectivity index (χ1n) is 5.98. The van der Waals surface area contributed by atoms with Gasteiger partial charge in [0.2, 0.25) is 5.88 Å². The molecule has 0 aliphatic heterocycles. The Labute approximate surface area is 119 Å². The van der Waals surface area contributed by atoms with Gasteiger partial charge in [-0.2, -0.15) is 0 Å². The lowest BCUT2D eigenvalue weighted by Gasteiger charge is -2.09. The van der Waals surface area contributed by atoms with Gasteiger partial charge in [0.05, 0.1) is 5.52 Å². The van der Waals surface area contributed by atoms with Gasteiger partial charge in [-0.1, -0.05) is 0 Å². The van der Waals surface area contributed by atoms with E-state index >= 15 is 0 Å². The molecule has 0 saturated carbocycles. The van der Waals surface area contributed by atoms with Crippen LogP contribution < -0.4 is 10.5 Å². The van der Waals surface area contributed by atoms with Gasteiger partial charge in [-0.25, -0.2) is 14.4 Å². The molecule has 0 aliphatic carbocycles. The summed E-state index contributed by atoms with van der Waals surface area (Å²) < 4.78 is 20.3. The minimum atomic E-state index is -0.506. The maximum absolute atomic E-state index is 13.9. The zero-order chi connectivity index (χ0) is 14.3. The molecule has 0 atom stereocenters. The van der Waals surface area contributed by atoms with Gasteiger partial charge in [-0.3, -0.25) is 0 Å². The number of nitrogens with two attached hydrogens (primary N) is 1. The molecule has 0 radical (unpaired) electrons. The maximum Gasteiger partial charge on any atom is 0.240 e. The Kier molecular flexibility index (Phi) is 3.02. The highest BCUT2D eigenvalue weighted by Gasteiger charge is 2.13. The van der Waals surface area contributed by atoms with E-state index in [1.165, 1.54) is 23.7 Å². The van der Waals surface area contributed by atoms with Crippen LogP contribution >= 0.6 is 11.3 Å². The van der Waals surface area contributed by atoms with Crippen molar-refractivity contribution in [3.05, 3.63) is 40.8 Å². The Hall–Kier alpha value is -2.21. The average molecular weight is 289 g/mol. The van der Waals surface area contributed by atoms with E-state index in [4.69, 9.17) is 10.5 Å². The van der Waals surface area contributed by atoms with Gasteiger partial charge in [0.25, 0.3) is 0 Å². The maximum atomic E-state index is 13.9. The third-order valence-corrected chi connectivity index (χ3v) is 4.10. The van der Waals surface area contributed by atoms with E-state index in [-0.39, 0.29) is 5.75 Å². The Morgan fingerprint density at radius 2 is 2.00 bits per heavy atom. The van der Waals surface area contributed by atoms with E-state index in [0.717, 1.165) is 21.3 Å². The molecule has 0 bridgehead atoms. The fourth-order valence-electron chi connectivity index (χ4n) is 1.87. The molecule has 0 saturated heterocycles. The molecule has 1 aromatic carbocycles. The van der Waals surface area contributed by atoms with Crippen molar-refractivity contribution in [1.29, 1.82) is 0 Å². The SMILES string of the molecule is Cc1cc(Oc2ncnc3c(C)csc23)c(F)cc1N. The number of hydrogen-bond donors (Lipinski definition) is 1. The third kappa shape index (κ3) is 2.08. The molecule has 20 heavy (non-hydrogen) atoms. The van der Waals surface area contributed by atoms with Crippen LogP contribution in [0.2, 0.25) is 0 Å². The van der Waals surface area contributed by atoms with E-state index < -0.39 is 5.82 Å². The molecule has 2 N–H and O–H groups in total. The summed E-state index contributed by atoms with van der Waals surface area (Å²) in [5, 5.41) is 1.97. The Morgan fingerprint density at radius 3 is 2.80 bits per heavy atom. The number of ether oxygens (including phenoxy) is 1. The van der Waals surface area contributed by atoms with Crippen LogP contribution in [0.3, 0.4) is 0 Å². The summed E-state index contributed by atoms with van der Waals surface area (Å²) in [6.45, 7) is 3.76. The molecule has 0 spiro atoms. The summed E-state index contributed by atoms with van der Waals surface area (Å²) in [4.78, 5) is 8.29. The summed E-state index contributed by atoms with van der Waals surface area (Å²) in [5.41, 5.74) is 8.69. The highest BCUT2D eigenvalue weighted by atomic mass is 32.1. The van der Waals surface area contributed by atoms with Crippen LogP contribution in [0, 0.1) is 19.7 Å². The number of aromatic nitrogens is 2. The minimum absolute atomic E-state index is 0.114. The Balaban J connectivity index is 2.08. The lowest BCUT2D eigenvalue weighted by Crippen LogP contribution is -1.96. The monoisotopic (exact) mass is 289 g/mol. The van der Waals surface area contributed by atoms with Gasteiger partial charge in [0.15, 0.2) is 11.6 Å². The first-order chi connectivity index (χ1) is 9.56. The van der Waals surface area contributed by atoms with Gasteiger partial charge in [0, 0.05) is 11.8 Å². The number of anilines is 1. The van der Waals surface area contributed by atoms with Crippen molar-refractivity contribution in [1.82, 2.24) is 9.97 Å². The fourth-order valence-corrected chi connectivity index (χ4v) is 2.80. The summed E-state index contributed by atoms with van der Waals surface area (Å²) in [7, 11) is 0. The van der Waals surface area contributed by atoms with Crippen LogP contribution in [-0.2, 0) is 0 Å². The molecule has 2 aromatic heterocycles. The Morgan fingerprint density at radius 1 is 1.20 bits per heavy atom. The molecule has 6 heteroatoms. The molecule has 3 rings (SSSR count). The quantitative estimate of drug-likeness (QED) is 0.728. The second-order valence-electron chi connectivity index (χ2n) is 4.52. The zero-order valence-corrected chi connectivity index (χ0v) is 11.8. The molecule has 0 aliphatic rings. The second kappa shape index (κ2) is 4.72. The van der Waals surface area contributed by atoms with Gasteiger partial charge in [0.1, 0.15) is 11.0 Å². The van der Waals surface area contributed by atoms with Gasteiger partial charge in [-0.15, -0.1) is 11.3 Å². The highest BCUT2D eigenvalue weighted by Crippen LogP contribution is 2.34. The van der Waals surface area contributed by atoms with Crippen LogP contribution in [0.4, 0.5) is 10.1 Å². The van der Waals surface area contributed by atoms with Crippen molar-refractivity contribution >= 4 is 27.2 Å². The minimum Gasteiger partial charge on any atom is -0.434 e. The average Bonchev–Trinajstić information content (AvgIpc) is 2.79.